The number of hydrogen-bond donors (Lipinski definition) is 0. The highest BCUT2D eigenvalue weighted by molar-refractivity contribution is 8.00. The van der Waals surface area contributed by atoms with Crippen LogP contribution in [0.2, 0.25) is 0 Å². The van der Waals surface area contributed by atoms with E-state index < -0.39 is 0 Å². The molecule has 57 heavy (non-hydrogen) atoms. The minimum atomic E-state index is 0.0983. The number of benzene rings is 8. The lowest BCUT2D eigenvalue weighted by Crippen LogP contribution is -2.58. The van der Waals surface area contributed by atoms with Crippen LogP contribution in [-0.4, -0.2) is 11.3 Å². The van der Waals surface area contributed by atoms with Crippen molar-refractivity contribution in [3.8, 4) is 5.69 Å². The van der Waals surface area contributed by atoms with E-state index in [1.54, 1.807) is 0 Å². The zero-order valence-electron chi connectivity index (χ0n) is 31.1. The van der Waals surface area contributed by atoms with Crippen LogP contribution in [0.5, 0.6) is 0 Å². The first-order chi connectivity index (χ1) is 28.2. The second-order valence-electron chi connectivity index (χ2n) is 15.0. The Kier molecular flexibility index (Phi) is 7.14. The summed E-state index contributed by atoms with van der Waals surface area (Å²) in [6, 6.07) is 67.7. The van der Waals surface area contributed by atoms with Crippen molar-refractivity contribution in [2.24, 2.45) is 0 Å². The average Bonchev–Trinajstić information content (AvgIpc) is 3.79. The third-order valence-corrected chi connectivity index (χ3v) is 12.8. The van der Waals surface area contributed by atoms with Crippen LogP contribution < -0.4 is 26.2 Å². The number of rotatable bonds is 6. The highest BCUT2D eigenvalue weighted by Gasteiger charge is 2.41. The van der Waals surface area contributed by atoms with Crippen LogP contribution in [0.3, 0.4) is 0 Å². The first kappa shape index (κ1) is 32.4. The molecule has 0 amide bonds. The fraction of sp³-hybridized carbons (Fsp3) is 0.0196. The maximum absolute atomic E-state index is 7.31. The van der Waals surface area contributed by atoms with Gasteiger partial charge in [0.05, 0.1) is 16.6 Å². The molecule has 10 aromatic rings. The van der Waals surface area contributed by atoms with Crippen LogP contribution in [0, 0.1) is 6.92 Å². The topological polar surface area (TPSA) is 24.6 Å². The molecule has 0 saturated heterocycles. The molecule has 0 N–H and O–H groups in total. The van der Waals surface area contributed by atoms with E-state index in [1.165, 1.54) is 42.9 Å². The van der Waals surface area contributed by atoms with Crippen LogP contribution in [0.15, 0.2) is 202 Å². The quantitative estimate of drug-likeness (QED) is 0.158. The fourth-order valence-corrected chi connectivity index (χ4v) is 10.6. The maximum atomic E-state index is 7.31. The lowest BCUT2D eigenvalue weighted by Gasteiger charge is -2.34. The molecule has 6 heteroatoms. The number of aromatic nitrogens is 1. The normalized spacial score (nSPS) is 12.5. The molecular formula is C51H34BN3OS. The Morgan fingerprint density at radius 2 is 1.11 bits per heavy atom. The minimum Gasteiger partial charge on any atom is -0.454 e. The number of nitrogens with zero attached hydrogens (tertiary/aromatic N) is 3. The third kappa shape index (κ3) is 4.84. The number of anilines is 6. The second-order valence-corrected chi connectivity index (χ2v) is 16.1. The van der Waals surface area contributed by atoms with Gasteiger partial charge < -0.3 is 18.8 Å². The van der Waals surface area contributed by atoms with Gasteiger partial charge in [-0.05, 0) is 108 Å². The molecular weight excluding hydrogens is 713 g/mol. The molecule has 2 aromatic heterocycles. The van der Waals surface area contributed by atoms with Gasteiger partial charge in [0.25, 0.3) is 0 Å². The van der Waals surface area contributed by atoms with Crippen molar-refractivity contribution in [1.82, 2.24) is 4.57 Å². The number of hydrogen-bond acceptors (Lipinski definition) is 4. The highest BCUT2D eigenvalue weighted by Crippen LogP contribution is 2.49. The Morgan fingerprint density at radius 3 is 1.75 bits per heavy atom. The van der Waals surface area contributed by atoms with E-state index in [9.17, 15) is 0 Å². The average molecular weight is 748 g/mol. The summed E-state index contributed by atoms with van der Waals surface area (Å²) in [5.74, 6) is 0. The van der Waals surface area contributed by atoms with Gasteiger partial charge in [-0.25, -0.2) is 0 Å². The molecule has 8 aromatic carbocycles. The monoisotopic (exact) mass is 747 g/mol. The Morgan fingerprint density at radius 1 is 0.509 bits per heavy atom. The van der Waals surface area contributed by atoms with E-state index >= 15 is 0 Å². The summed E-state index contributed by atoms with van der Waals surface area (Å²) in [6.45, 7) is 2.33. The van der Waals surface area contributed by atoms with Crippen molar-refractivity contribution >= 4 is 102 Å². The van der Waals surface area contributed by atoms with Crippen molar-refractivity contribution < 1.29 is 4.42 Å². The molecule has 12 rings (SSSR count). The summed E-state index contributed by atoms with van der Waals surface area (Å²) in [5, 5.41) is 2.20. The van der Waals surface area contributed by atoms with Crippen LogP contribution in [0.25, 0.3) is 38.7 Å². The van der Waals surface area contributed by atoms with Crippen LogP contribution >= 0.6 is 11.8 Å². The lowest BCUT2D eigenvalue weighted by atomic mass is 9.35. The Hall–Kier alpha value is -6.89. The Labute approximate surface area is 335 Å². The number of aryl methyl sites for hydroxylation is 1. The summed E-state index contributed by atoms with van der Waals surface area (Å²) in [4.78, 5) is 7.33. The van der Waals surface area contributed by atoms with Crippen molar-refractivity contribution in [2.45, 2.75) is 16.7 Å². The molecule has 0 saturated carbocycles. The van der Waals surface area contributed by atoms with Gasteiger partial charge >= 0.3 is 0 Å². The summed E-state index contributed by atoms with van der Waals surface area (Å²) in [6.07, 6.45) is 0. The SMILES string of the molecule is Cc1cc2c3c(c1)-n1c4c(ccc(N(c5ccccc5)c5ccccc5)c4c4oc5cc(N(c6ccccc6)c6ccccc6)ccc5c41)B3c1ccccc1S2. The van der Waals surface area contributed by atoms with E-state index in [4.69, 9.17) is 4.42 Å². The molecule has 0 bridgehead atoms. The molecule has 0 radical (unpaired) electrons. The first-order valence-electron chi connectivity index (χ1n) is 19.5. The summed E-state index contributed by atoms with van der Waals surface area (Å²) in [5.41, 5.74) is 17.0. The molecule has 268 valence electrons. The molecule has 2 aliphatic rings. The summed E-state index contributed by atoms with van der Waals surface area (Å²) >= 11 is 1.89. The summed E-state index contributed by atoms with van der Waals surface area (Å²) < 4.78 is 9.84. The third-order valence-electron chi connectivity index (χ3n) is 11.6. The second kappa shape index (κ2) is 12.6. The van der Waals surface area contributed by atoms with Crippen LogP contribution in [-0.2, 0) is 0 Å². The first-order valence-corrected chi connectivity index (χ1v) is 20.3. The number of furan rings is 1. The Balaban J connectivity index is 1.20. The minimum absolute atomic E-state index is 0.0983. The van der Waals surface area contributed by atoms with Gasteiger partial charge in [0.1, 0.15) is 11.1 Å². The van der Waals surface area contributed by atoms with E-state index in [2.05, 4.69) is 209 Å². The predicted molar refractivity (Wildman–Crippen MR) is 240 cm³/mol. The zero-order valence-corrected chi connectivity index (χ0v) is 31.9. The van der Waals surface area contributed by atoms with E-state index in [1.807, 2.05) is 11.8 Å². The van der Waals surface area contributed by atoms with E-state index in [0.717, 1.165) is 61.6 Å². The number of fused-ring (bicyclic) bond motifs is 9. The van der Waals surface area contributed by atoms with Gasteiger partial charge in [-0.2, -0.15) is 0 Å². The maximum Gasteiger partial charge on any atom is 0.249 e. The van der Waals surface area contributed by atoms with Gasteiger partial charge in [0, 0.05) is 55.4 Å². The van der Waals surface area contributed by atoms with Gasteiger partial charge in [-0.1, -0.05) is 114 Å². The highest BCUT2D eigenvalue weighted by atomic mass is 32.2. The van der Waals surface area contributed by atoms with Crippen LogP contribution in [0.1, 0.15) is 5.56 Å². The molecule has 0 aliphatic carbocycles. The molecule has 4 nitrogen and oxygen atoms in total. The standard InChI is InChI=1S/C51H34BN3OS/c1-33-30-43-48-46(31-33)57-45-25-15-14-24-40(45)52(48)41-28-29-42(54(36-20-10-4-11-21-36)37-22-12-5-13-23-37)47-50(41)55(43)49-39-27-26-38(32-44(39)56-51(47)49)53(34-16-6-2-7-17-34)35-18-8-3-9-19-35/h2-32H,1H3. The van der Waals surface area contributed by atoms with E-state index in [-0.39, 0.29) is 6.71 Å². The smallest absolute Gasteiger partial charge is 0.249 e. The molecule has 0 atom stereocenters. The Bertz CT molecular complexity index is 3100. The predicted octanol–water partition coefficient (Wildman–Crippen LogP) is 12.1. The fourth-order valence-electron chi connectivity index (χ4n) is 9.33. The molecule has 2 aliphatic heterocycles. The van der Waals surface area contributed by atoms with Gasteiger partial charge in [0.15, 0.2) is 5.58 Å². The largest absolute Gasteiger partial charge is 0.454 e. The van der Waals surface area contributed by atoms with Gasteiger partial charge in [-0.15, -0.1) is 0 Å². The van der Waals surface area contributed by atoms with Gasteiger partial charge in [0.2, 0.25) is 6.71 Å². The number of para-hydroxylation sites is 4. The summed E-state index contributed by atoms with van der Waals surface area (Å²) in [7, 11) is 0. The molecule has 4 heterocycles. The molecule has 0 spiro atoms. The van der Waals surface area contributed by atoms with Crippen molar-refractivity contribution in [2.75, 3.05) is 9.80 Å². The van der Waals surface area contributed by atoms with E-state index in [0.29, 0.717) is 0 Å². The molecule has 0 fully saturated rings. The van der Waals surface area contributed by atoms with Crippen molar-refractivity contribution in [1.29, 1.82) is 0 Å². The lowest BCUT2D eigenvalue weighted by molar-refractivity contribution is 0.673. The van der Waals surface area contributed by atoms with Crippen molar-refractivity contribution in [3.63, 3.8) is 0 Å². The molecule has 0 unspecified atom stereocenters. The van der Waals surface area contributed by atoms with Crippen LogP contribution in [0.4, 0.5) is 34.1 Å². The van der Waals surface area contributed by atoms with Crippen molar-refractivity contribution in [3.05, 3.63) is 194 Å². The van der Waals surface area contributed by atoms with Gasteiger partial charge in [-0.3, -0.25) is 0 Å². The zero-order chi connectivity index (χ0) is 37.6.